The van der Waals surface area contributed by atoms with E-state index in [1.165, 1.54) is 12.3 Å². The van der Waals surface area contributed by atoms with Crippen LogP contribution in [0.25, 0.3) is 11.3 Å². The summed E-state index contributed by atoms with van der Waals surface area (Å²) in [6.07, 6.45) is 4.76. The second kappa shape index (κ2) is 7.16. The Labute approximate surface area is 173 Å². The maximum atomic E-state index is 14.0. The number of hydrogen-bond donors (Lipinski definition) is 1. The van der Waals surface area contributed by atoms with Gasteiger partial charge >= 0.3 is 0 Å². The van der Waals surface area contributed by atoms with Crippen molar-refractivity contribution >= 4 is 17.2 Å². The van der Waals surface area contributed by atoms with Gasteiger partial charge < -0.3 is 19.7 Å². The van der Waals surface area contributed by atoms with Gasteiger partial charge in [0.1, 0.15) is 12.4 Å². The molecular formula is C21H23FN6O2. The van der Waals surface area contributed by atoms with Crippen LogP contribution < -0.4 is 19.7 Å². The number of halogens is 1. The number of fused-ring (bicyclic) bond motifs is 1. The molecule has 0 aliphatic carbocycles. The van der Waals surface area contributed by atoms with Crippen molar-refractivity contribution in [1.29, 1.82) is 0 Å². The first-order valence-electron chi connectivity index (χ1n) is 9.98. The maximum absolute atomic E-state index is 14.0. The summed E-state index contributed by atoms with van der Waals surface area (Å²) in [4.78, 5) is 11.2. The lowest BCUT2D eigenvalue weighted by Crippen LogP contribution is -2.41. The number of aromatic nitrogens is 4. The van der Waals surface area contributed by atoms with E-state index in [1.807, 2.05) is 13.1 Å². The van der Waals surface area contributed by atoms with E-state index in [0.29, 0.717) is 55.0 Å². The zero-order valence-electron chi connectivity index (χ0n) is 16.9. The molecule has 5 heterocycles. The molecule has 0 aromatic carbocycles. The molecule has 1 unspecified atom stereocenters. The van der Waals surface area contributed by atoms with E-state index in [1.54, 1.807) is 10.7 Å². The molecule has 156 valence electrons. The van der Waals surface area contributed by atoms with Crippen molar-refractivity contribution in [1.82, 2.24) is 24.9 Å². The third kappa shape index (κ3) is 3.20. The highest BCUT2D eigenvalue weighted by Gasteiger charge is 2.29. The molecule has 0 amide bonds. The molecule has 0 fully saturated rings. The summed E-state index contributed by atoms with van der Waals surface area (Å²) < 4.78 is 27.6. The van der Waals surface area contributed by atoms with Gasteiger partial charge in [0.05, 0.1) is 43.3 Å². The van der Waals surface area contributed by atoms with Crippen molar-refractivity contribution in [2.24, 2.45) is 5.92 Å². The predicted molar refractivity (Wildman–Crippen MR) is 110 cm³/mol. The van der Waals surface area contributed by atoms with Crippen LogP contribution >= 0.6 is 0 Å². The average Bonchev–Trinajstić information content (AvgIpc) is 3.14. The fraction of sp³-hybridized carbons (Fsp3) is 0.381. The van der Waals surface area contributed by atoms with Gasteiger partial charge in [-0.3, -0.25) is 0 Å². The van der Waals surface area contributed by atoms with Crippen LogP contribution in [0.15, 0.2) is 31.2 Å². The van der Waals surface area contributed by atoms with E-state index in [-0.39, 0.29) is 12.0 Å². The molecule has 5 rings (SSSR count). The number of pyridine rings is 1. The summed E-state index contributed by atoms with van der Waals surface area (Å²) in [7, 11) is 0. The van der Waals surface area contributed by atoms with Crippen LogP contribution in [-0.2, 0) is 6.54 Å². The monoisotopic (exact) mass is 410 g/mol. The quantitative estimate of drug-likeness (QED) is 0.611. The molecule has 30 heavy (non-hydrogen) atoms. The number of nitrogens with one attached hydrogen (secondary N) is 1. The minimum atomic E-state index is -0.396. The van der Waals surface area contributed by atoms with Gasteiger partial charge in [-0.1, -0.05) is 13.5 Å². The van der Waals surface area contributed by atoms with Crippen LogP contribution in [-0.4, -0.2) is 45.4 Å². The van der Waals surface area contributed by atoms with Crippen LogP contribution in [0, 0.1) is 11.7 Å². The highest BCUT2D eigenvalue weighted by atomic mass is 19.1. The number of hydrogen-bond acceptors (Lipinski definition) is 7. The summed E-state index contributed by atoms with van der Waals surface area (Å²) in [6, 6.07) is 1.51. The van der Waals surface area contributed by atoms with E-state index < -0.39 is 5.82 Å². The molecule has 2 aliphatic heterocycles. The van der Waals surface area contributed by atoms with Crippen molar-refractivity contribution in [3.05, 3.63) is 48.2 Å². The van der Waals surface area contributed by atoms with Gasteiger partial charge in [-0.2, -0.15) is 5.10 Å². The Hall–Kier alpha value is -3.36. The second-order valence-corrected chi connectivity index (χ2v) is 7.94. The molecule has 0 spiro atoms. The van der Waals surface area contributed by atoms with Crippen LogP contribution in [0.4, 0.5) is 10.2 Å². The molecule has 2 bridgehead atoms. The van der Waals surface area contributed by atoms with E-state index in [2.05, 4.69) is 33.8 Å². The average molecular weight is 410 g/mol. The lowest BCUT2D eigenvalue weighted by atomic mass is 10.1. The van der Waals surface area contributed by atoms with Crippen molar-refractivity contribution in [3.8, 4) is 11.6 Å². The number of anilines is 1. The van der Waals surface area contributed by atoms with Gasteiger partial charge in [-0.15, -0.1) is 0 Å². The molecule has 1 N–H and O–H groups in total. The third-order valence-electron chi connectivity index (χ3n) is 5.45. The van der Waals surface area contributed by atoms with Crippen LogP contribution in [0.1, 0.15) is 25.0 Å². The Morgan fingerprint density at radius 3 is 2.97 bits per heavy atom. The lowest BCUT2D eigenvalue weighted by Gasteiger charge is -2.36. The third-order valence-corrected chi connectivity index (χ3v) is 5.45. The van der Waals surface area contributed by atoms with Crippen LogP contribution in [0.3, 0.4) is 0 Å². The largest absolute Gasteiger partial charge is 0.486 e. The molecule has 0 radical (unpaired) electrons. The number of ether oxygens (including phenoxy) is 2. The molecule has 2 atom stereocenters. The van der Waals surface area contributed by atoms with Gasteiger partial charge in [0.25, 0.3) is 0 Å². The molecule has 3 aromatic rings. The smallest absolute Gasteiger partial charge is 0.218 e. The van der Waals surface area contributed by atoms with Crippen molar-refractivity contribution < 1.29 is 13.9 Å². The Balaban J connectivity index is 1.67. The van der Waals surface area contributed by atoms with Crippen LogP contribution in [0.2, 0.25) is 0 Å². The van der Waals surface area contributed by atoms with Gasteiger partial charge in [0, 0.05) is 23.7 Å². The zero-order chi connectivity index (χ0) is 20.8. The van der Waals surface area contributed by atoms with Gasteiger partial charge in [0.2, 0.25) is 5.88 Å². The van der Waals surface area contributed by atoms with Crippen molar-refractivity contribution in [3.63, 3.8) is 0 Å². The number of nitrogens with zero attached hydrogens (tertiary/aromatic N) is 5. The fourth-order valence-corrected chi connectivity index (χ4v) is 3.71. The summed E-state index contributed by atoms with van der Waals surface area (Å²) in [6.45, 7) is 10.3. The first-order chi connectivity index (χ1) is 14.5. The van der Waals surface area contributed by atoms with Gasteiger partial charge in [-0.05, 0) is 13.0 Å². The van der Waals surface area contributed by atoms with Crippen molar-refractivity contribution in [2.45, 2.75) is 26.4 Å². The Bertz CT molecular complexity index is 1130. The standard InChI is InChI=1S/C21H23FN6O2/c1-12-5-23-14(3)17-7-25-28-9-18-20(26-19(17)28)27(13(2)11-29-18)8-15-4-16(22)6-24-21(15)30-10-12/h4,6-7,9,12-13,23H,3,5,8,10-11H2,1-2H3/t12?,13-/m1/s1. The predicted octanol–water partition coefficient (Wildman–Crippen LogP) is 2.64. The first-order valence-corrected chi connectivity index (χ1v) is 9.98. The lowest BCUT2D eigenvalue weighted by molar-refractivity contribution is 0.245. The van der Waals surface area contributed by atoms with Gasteiger partial charge in [0.15, 0.2) is 17.2 Å². The molecule has 3 aromatic heterocycles. The highest BCUT2D eigenvalue weighted by molar-refractivity contribution is 5.75. The Kier molecular flexibility index (Phi) is 4.45. The molecule has 8 nitrogen and oxygen atoms in total. The second-order valence-electron chi connectivity index (χ2n) is 7.94. The minimum absolute atomic E-state index is 0.0306. The fourth-order valence-electron chi connectivity index (χ4n) is 3.71. The van der Waals surface area contributed by atoms with E-state index in [0.717, 1.165) is 11.3 Å². The SMILES string of the molecule is C=C1NCC(C)COc2ncc(F)cc2CN2c3nc4c1cnn4cc3OC[C@H]2C. The summed E-state index contributed by atoms with van der Waals surface area (Å²) in [5, 5.41) is 7.76. The normalized spacial score (nSPS) is 21.4. The molecule has 9 heteroatoms. The van der Waals surface area contributed by atoms with Crippen LogP contribution in [0.5, 0.6) is 11.6 Å². The van der Waals surface area contributed by atoms with E-state index in [9.17, 15) is 4.39 Å². The topological polar surface area (TPSA) is 76.8 Å². The minimum Gasteiger partial charge on any atom is -0.486 e. The Morgan fingerprint density at radius 2 is 2.10 bits per heavy atom. The summed E-state index contributed by atoms with van der Waals surface area (Å²) >= 11 is 0. The first kappa shape index (κ1) is 18.7. The Morgan fingerprint density at radius 1 is 1.23 bits per heavy atom. The highest BCUT2D eigenvalue weighted by Crippen LogP contribution is 2.35. The maximum Gasteiger partial charge on any atom is 0.218 e. The van der Waals surface area contributed by atoms with E-state index >= 15 is 0 Å². The molecular weight excluding hydrogens is 387 g/mol. The zero-order valence-corrected chi connectivity index (χ0v) is 16.9. The molecule has 0 saturated carbocycles. The molecule has 2 aliphatic rings. The summed E-state index contributed by atoms with van der Waals surface area (Å²) in [5.41, 5.74) is 2.94. The summed E-state index contributed by atoms with van der Waals surface area (Å²) in [5.74, 6) is 1.53. The number of rotatable bonds is 0. The van der Waals surface area contributed by atoms with E-state index in [4.69, 9.17) is 14.5 Å². The molecule has 0 saturated heterocycles. The van der Waals surface area contributed by atoms with Gasteiger partial charge in [-0.25, -0.2) is 18.9 Å². The van der Waals surface area contributed by atoms with Crippen molar-refractivity contribution in [2.75, 3.05) is 24.7 Å².